The monoisotopic (exact) mass is 458 g/mol. The summed E-state index contributed by atoms with van der Waals surface area (Å²) >= 11 is 1.52. The maximum atomic E-state index is 12.4. The normalized spacial score (nSPS) is 10.7. The average molecular weight is 459 g/mol. The number of ether oxygens (including phenoxy) is 2. The molecule has 0 aliphatic heterocycles. The number of aromatic nitrogens is 2. The number of hydrogen-bond acceptors (Lipinski definition) is 7. The van der Waals surface area contributed by atoms with Crippen LogP contribution in [0, 0.1) is 0 Å². The zero-order valence-electron chi connectivity index (χ0n) is 18.1. The van der Waals surface area contributed by atoms with Crippen molar-refractivity contribution in [3.63, 3.8) is 0 Å². The highest BCUT2D eigenvalue weighted by atomic mass is 32.1. The fraction of sp³-hybridized carbons (Fsp3) is 0.0800. The predicted octanol–water partition coefficient (Wildman–Crippen LogP) is 5.62. The molecule has 2 N–H and O–H groups in total. The predicted molar refractivity (Wildman–Crippen MR) is 132 cm³/mol. The molecule has 0 atom stereocenters. The smallest absolute Gasteiger partial charge is 0.248 e. The number of nitrogens with zero attached hydrogens (tertiary/aromatic N) is 2. The van der Waals surface area contributed by atoms with E-state index in [1.165, 1.54) is 17.4 Å². The van der Waals surface area contributed by atoms with Crippen molar-refractivity contribution >= 4 is 39.8 Å². The van der Waals surface area contributed by atoms with Gasteiger partial charge in [-0.2, -0.15) is 0 Å². The summed E-state index contributed by atoms with van der Waals surface area (Å²) in [4.78, 5) is 21.0. The second-order valence-electron chi connectivity index (χ2n) is 6.91. The van der Waals surface area contributed by atoms with Crippen molar-refractivity contribution in [2.24, 2.45) is 0 Å². The number of methoxy groups -OCH3 is 2. The van der Waals surface area contributed by atoms with Crippen LogP contribution in [0.3, 0.4) is 0 Å². The first-order chi connectivity index (χ1) is 16.1. The van der Waals surface area contributed by atoms with Crippen LogP contribution in [0.15, 0.2) is 78.4 Å². The topological polar surface area (TPSA) is 85.4 Å². The molecule has 7 nitrogen and oxygen atoms in total. The average Bonchev–Trinajstić information content (AvgIpc) is 3.33. The highest BCUT2D eigenvalue weighted by molar-refractivity contribution is 7.14. The van der Waals surface area contributed by atoms with Crippen molar-refractivity contribution in [3.8, 4) is 22.8 Å². The Labute approximate surface area is 195 Å². The second-order valence-corrected chi connectivity index (χ2v) is 7.76. The van der Waals surface area contributed by atoms with Crippen molar-refractivity contribution in [1.29, 1.82) is 0 Å². The van der Waals surface area contributed by atoms with E-state index in [1.807, 2.05) is 47.8 Å². The van der Waals surface area contributed by atoms with Gasteiger partial charge in [0.25, 0.3) is 0 Å². The lowest BCUT2D eigenvalue weighted by molar-refractivity contribution is -0.111. The fourth-order valence-corrected chi connectivity index (χ4v) is 3.81. The minimum Gasteiger partial charge on any atom is -0.497 e. The van der Waals surface area contributed by atoms with Gasteiger partial charge in [-0.15, -0.1) is 11.3 Å². The Hall–Kier alpha value is -4.17. The maximum absolute atomic E-state index is 12.4. The summed E-state index contributed by atoms with van der Waals surface area (Å²) in [6, 6.07) is 16.7. The highest BCUT2D eigenvalue weighted by Crippen LogP contribution is 2.28. The molecule has 0 aliphatic carbocycles. The van der Waals surface area contributed by atoms with Crippen LogP contribution in [0.1, 0.15) is 5.56 Å². The maximum Gasteiger partial charge on any atom is 0.248 e. The molecule has 0 fully saturated rings. The van der Waals surface area contributed by atoms with Crippen molar-refractivity contribution in [3.05, 3.63) is 84.0 Å². The number of hydrogen-bond donors (Lipinski definition) is 2. The van der Waals surface area contributed by atoms with E-state index < -0.39 is 0 Å². The van der Waals surface area contributed by atoms with E-state index in [9.17, 15) is 4.79 Å². The Morgan fingerprint density at radius 2 is 1.73 bits per heavy atom. The van der Waals surface area contributed by atoms with Crippen LogP contribution in [0.25, 0.3) is 17.3 Å². The van der Waals surface area contributed by atoms with Crippen LogP contribution in [0.2, 0.25) is 0 Å². The minimum atomic E-state index is -0.248. The van der Waals surface area contributed by atoms with Gasteiger partial charge in [-0.3, -0.25) is 9.78 Å². The SMILES string of the molecule is COc1ccc(OC)c(/C=C/C(=O)Nc2ccc(Nc3nc(-c4ccncc4)cs3)cc2)c1. The minimum absolute atomic E-state index is 0.248. The van der Waals surface area contributed by atoms with E-state index in [2.05, 4.69) is 20.6 Å². The van der Waals surface area contributed by atoms with Crippen LogP contribution in [-0.2, 0) is 4.79 Å². The number of anilines is 3. The standard InChI is InChI=1S/C25H22N4O3S/c1-31-21-8-9-23(32-2)18(15-21)3-10-24(30)27-19-4-6-20(7-5-19)28-25-29-22(16-33-25)17-11-13-26-14-12-17/h3-16H,1-2H3,(H,27,30)(H,28,29)/b10-3+. The molecule has 0 unspecified atom stereocenters. The van der Waals surface area contributed by atoms with Gasteiger partial charge in [-0.25, -0.2) is 4.98 Å². The first-order valence-electron chi connectivity index (χ1n) is 10.1. The number of thiazole rings is 1. The van der Waals surface area contributed by atoms with Crippen LogP contribution >= 0.6 is 11.3 Å². The summed E-state index contributed by atoms with van der Waals surface area (Å²) in [5, 5.41) is 8.92. The van der Waals surface area contributed by atoms with Crippen LogP contribution < -0.4 is 20.1 Å². The third-order valence-electron chi connectivity index (χ3n) is 4.74. The first kappa shape index (κ1) is 22.0. The summed E-state index contributed by atoms with van der Waals surface area (Å²) in [7, 11) is 3.18. The van der Waals surface area contributed by atoms with Gasteiger partial charge < -0.3 is 20.1 Å². The zero-order chi connectivity index (χ0) is 23.0. The molecule has 0 radical (unpaired) electrons. The molecule has 2 aromatic carbocycles. The lowest BCUT2D eigenvalue weighted by atomic mass is 10.1. The molecule has 4 rings (SSSR count). The molecule has 33 heavy (non-hydrogen) atoms. The van der Waals surface area contributed by atoms with E-state index in [0.29, 0.717) is 17.2 Å². The summed E-state index contributed by atoms with van der Waals surface area (Å²) < 4.78 is 10.6. The second kappa shape index (κ2) is 10.4. The van der Waals surface area contributed by atoms with Crippen molar-refractivity contribution in [2.75, 3.05) is 24.9 Å². The van der Waals surface area contributed by atoms with Gasteiger partial charge in [0.05, 0.1) is 19.9 Å². The van der Waals surface area contributed by atoms with Gasteiger partial charge in [-0.1, -0.05) is 0 Å². The van der Waals surface area contributed by atoms with Gasteiger partial charge in [0.1, 0.15) is 11.5 Å². The van der Waals surface area contributed by atoms with E-state index in [1.54, 1.807) is 44.8 Å². The van der Waals surface area contributed by atoms with Crippen molar-refractivity contribution < 1.29 is 14.3 Å². The Morgan fingerprint density at radius 1 is 0.970 bits per heavy atom. The van der Waals surface area contributed by atoms with E-state index in [0.717, 1.165) is 27.6 Å². The Bertz CT molecular complexity index is 1250. The third-order valence-corrected chi connectivity index (χ3v) is 5.49. The van der Waals surface area contributed by atoms with E-state index in [-0.39, 0.29) is 5.91 Å². The van der Waals surface area contributed by atoms with Crippen LogP contribution in [0.4, 0.5) is 16.5 Å². The molecular weight excluding hydrogens is 436 g/mol. The molecule has 0 spiro atoms. The lowest BCUT2D eigenvalue weighted by Gasteiger charge is -2.07. The Balaban J connectivity index is 1.36. The molecule has 0 saturated heterocycles. The van der Waals surface area contributed by atoms with E-state index >= 15 is 0 Å². The van der Waals surface area contributed by atoms with Gasteiger partial charge in [0.15, 0.2) is 5.13 Å². The van der Waals surface area contributed by atoms with Gasteiger partial charge >= 0.3 is 0 Å². The number of pyridine rings is 1. The van der Waals surface area contributed by atoms with Crippen molar-refractivity contribution in [1.82, 2.24) is 9.97 Å². The number of rotatable bonds is 8. The van der Waals surface area contributed by atoms with Crippen LogP contribution in [0.5, 0.6) is 11.5 Å². The molecule has 1 amide bonds. The van der Waals surface area contributed by atoms with E-state index in [4.69, 9.17) is 9.47 Å². The Morgan fingerprint density at radius 3 is 2.45 bits per heavy atom. The van der Waals surface area contributed by atoms with Gasteiger partial charge in [0, 0.05) is 46.4 Å². The number of benzene rings is 2. The number of carbonyl (C=O) groups is 1. The summed E-state index contributed by atoms with van der Waals surface area (Å²) in [5.74, 6) is 1.10. The lowest BCUT2D eigenvalue weighted by Crippen LogP contribution is -2.07. The molecule has 4 aromatic rings. The number of amides is 1. The highest BCUT2D eigenvalue weighted by Gasteiger charge is 2.06. The third kappa shape index (κ3) is 5.75. The van der Waals surface area contributed by atoms with Crippen LogP contribution in [-0.4, -0.2) is 30.1 Å². The summed E-state index contributed by atoms with van der Waals surface area (Å²) in [5.41, 5.74) is 4.23. The molecule has 8 heteroatoms. The molecular formula is C25H22N4O3S. The molecule has 166 valence electrons. The molecule has 0 bridgehead atoms. The molecule has 2 aromatic heterocycles. The molecule has 0 saturated carbocycles. The Kier molecular flexibility index (Phi) is 6.96. The van der Waals surface area contributed by atoms with Crippen molar-refractivity contribution in [2.45, 2.75) is 0 Å². The zero-order valence-corrected chi connectivity index (χ0v) is 18.9. The number of carbonyl (C=O) groups excluding carboxylic acids is 1. The summed E-state index contributed by atoms with van der Waals surface area (Å²) in [6.07, 6.45) is 6.64. The summed E-state index contributed by atoms with van der Waals surface area (Å²) in [6.45, 7) is 0. The quantitative estimate of drug-likeness (QED) is 0.334. The first-order valence-corrected chi connectivity index (χ1v) is 11.0. The van der Waals surface area contributed by atoms with Gasteiger partial charge in [0.2, 0.25) is 5.91 Å². The fourth-order valence-electron chi connectivity index (χ4n) is 3.07. The number of nitrogens with one attached hydrogen (secondary N) is 2. The largest absolute Gasteiger partial charge is 0.497 e. The van der Waals surface area contributed by atoms with Gasteiger partial charge in [-0.05, 0) is 60.7 Å². The molecule has 0 aliphatic rings. The molecule has 2 heterocycles.